The minimum absolute atomic E-state index is 0.00796. The molecule has 0 heterocycles. The minimum atomic E-state index is -0.656. The van der Waals surface area contributed by atoms with Gasteiger partial charge in [0.15, 0.2) is 0 Å². The predicted octanol–water partition coefficient (Wildman–Crippen LogP) is -0.169. The number of rotatable bonds is 14. The molecule has 24 heavy (non-hydrogen) atoms. The molecule has 0 radical (unpaired) electrons. The Bertz CT molecular complexity index is 337. The minimum Gasteiger partial charge on any atom is -0.463 e. The van der Waals surface area contributed by atoms with Crippen LogP contribution in [0.1, 0.15) is 26.7 Å². The predicted molar refractivity (Wildman–Crippen MR) is 84.5 cm³/mol. The Morgan fingerprint density at radius 2 is 1.75 bits per heavy atom. The Morgan fingerprint density at radius 3 is 2.38 bits per heavy atom. The number of esters is 1. The van der Waals surface area contributed by atoms with Crippen LogP contribution in [-0.2, 0) is 23.7 Å². The zero-order valence-corrected chi connectivity index (χ0v) is 14.4. The Labute approximate surface area is 142 Å². The van der Waals surface area contributed by atoms with E-state index in [-0.39, 0.29) is 25.6 Å². The molecule has 2 unspecified atom stereocenters. The average molecular weight is 351 g/mol. The third-order valence-electron chi connectivity index (χ3n) is 2.61. The first kappa shape index (κ1) is 22.6. The molecule has 0 fully saturated rings. The van der Waals surface area contributed by atoms with Crippen molar-refractivity contribution in [1.82, 2.24) is 5.32 Å². The van der Waals surface area contributed by atoms with E-state index in [4.69, 9.17) is 29.2 Å². The van der Waals surface area contributed by atoms with Crippen LogP contribution in [0.4, 0.5) is 4.79 Å². The summed E-state index contributed by atoms with van der Waals surface area (Å²) in [5.41, 5.74) is 0. The Balaban J connectivity index is 3.28. The lowest BCUT2D eigenvalue weighted by Crippen LogP contribution is -2.31. The molecular weight excluding hydrogens is 322 g/mol. The molecule has 0 aliphatic rings. The Kier molecular flexibility index (Phi) is 14.2. The number of hydrogen-bond acceptors (Lipinski definition) is 8. The number of alkyl carbamates (subject to hydrolysis) is 1. The first-order valence-corrected chi connectivity index (χ1v) is 8.00. The van der Waals surface area contributed by atoms with Gasteiger partial charge in [-0.3, -0.25) is 4.79 Å². The van der Waals surface area contributed by atoms with Crippen LogP contribution in [0.2, 0.25) is 0 Å². The van der Waals surface area contributed by atoms with Crippen molar-refractivity contribution >= 4 is 12.1 Å². The number of hydrogen-bond donors (Lipinski definition) is 3. The van der Waals surface area contributed by atoms with Crippen molar-refractivity contribution in [3.8, 4) is 0 Å². The lowest BCUT2D eigenvalue weighted by atomic mass is 10.3. The molecule has 0 bridgehead atoms. The number of carbonyl (C=O) groups is 2. The molecule has 3 N–H and O–H groups in total. The van der Waals surface area contributed by atoms with Crippen molar-refractivity contribution in [2.75, 3.05) is 46.2 Å². The van der Waals surface area contributed by atoms with Gasteiger partial charge in [0.25, 0.3) is 0 Å². The van der Waals surface area contributed by atoms with Gasteiger partial charge in [-0.1, -0.05) is 0 Å². The maximum Gasteiger partial charge on any atom is 0.407 e. The molecule has 142 valence electrons. The van der Waals surface area contributed by atoms with Crippen LogP contribution in [0, 0.1) is 0 Å². The van der Waals surface area contributed by atoms with Crippen LogP contribution in [0.15, 0.2) is 0 Å². The summed E-state index contributed by atoms with van der Waals surface area (Å²) in [5.74, 6) is -0.357. The molecule has 9 heteroatoms. The number of carbonyl (C=O) groups excluding carboxylic acids is 2. The zero-order chi connectivity index (χ0) is 18.2. The van der Waals surface area contributed by atoms with E-state index >= 15 is 0 Å². The Morgan fingerprint density at radius 1 is 1.08 bits per heavy atom. The number of nitrogens with one attached hydrogen (secondary N) is 1. The van der Waals surface area contributed by atoms with Gasteiger partial charge in [0, 0.05) is 19.6 Å². The normalized spacial score (nSPS) is 13.2. The molecule has 0 spiro atoms. The molecule has 0 rings (SSSR count). The largest absolute Gasteiger partial charge is 0.463 e. The van der Waals surface area contributed by atoms with E-state index in [1.807, 2.05) is 0 Å². The molecule has 0 saturated heterocycles. The fourth-order valence-corrected chi connectivity index (χ4v) is 1.41. The Hall–Kier alpha value is -1.42. The van der Waals surface area contributed by atoms with Crippen LogP contribution >= 0.6 is 0 Å². The first-order chi connectivity index (χ1) is 11.5. The molecule has 0 aromatic rings. The van der Waals surface area contributed by atoms with Crippen LogP contribution in [-0.4, -0.2) is 80.7 Å². The van der Waals surface area contributed by atoms with Gasteiger partial charge in [-0.25, -0.2) is 4.79 Å². The third kappa shape index (κ3) is 15.5. The first-order valence-electron chi connectivity index (χ1n) is 8.00. The number of aliphatic hydroxyl groups excluding tert-OH is 2. The molecule has 2 atom stereocenters. The zero-order valence-electron chi connectivity index (χ0n) is 14.4. The summed E-state index contributed by atoms with van der Waals surface area (Å²) in [4.78, 5) is 22.4. The summed E-state index contributed by atoms with van der Waals surface area (Å²) in [7, 11) is 0. The molecule has 0 aliphatic heterocycles. The lowest BCUT2D eigenvalue weighted by molar-refractivity contribution is -0.146. The van der Waals surface area contributed by atoms with Crippen molar-refractivity contribution in [3.05, 3.63) is 0 Å². The van der Waals surface area contributed by atoms with Crippen LogP contribution in [0.5, 0.6) is 0 Å². The van der Waals surface area contributed by atoms with Gasteiger partial charge in [-0.2, -0.15) is 0 Å². The van der Waals surface area contributed by atoms with Gasteiger partial charge in [0.05, 0.1) is 32.5 Å². The fraction of sp³-hybridized carbons (Fsp3) is 0.867. The van der Waals surface area contributed by atoms with E-state index in [1.165, 1.54) is 0 Å². The van der Waals surface area contributed by atoms with Crippen LogP contribution in [0.25, 0.3) is 0 Å². The van der Waals surface area contributed by atoms with Gasteiger partial charge in [-0.15, -0.1) is 0 Å². The van der Waals surface area contributed by atoms with Gasteiger partial charge in [0.2, 0.25) is 0 Å². The highest BCUT2D eigenvalue weighted by atomic mass is 16.6. The third-order valence-corrected chi connectivity index (χ3v) is 2.61. The monoisotopic (exact) mass is 351 g/mol. The number of amides is 1. The molecule has 9 nitrogen and oxygen atoms in total. The SMILES string of the molecule is CC(O)COC(=O)CCCOCCOCCNC(=O)OC(C)CO. The standard InChI is InChI=1S/C15H29NO8/c1-12(18)11-23-14(19)4-3-6-21-8-9-22-7-5-16-15(20)24-13(2)10-17/h12-13,17-18H,3-11H2,1-2H3,(H,16,20). The second kappa shape index (κ2) is 15.1. The molecule has 0 saturated carbocycles. The summed E-state index contributed by atoms with van der Waals surface area (Å²) >= 11 is 0. The summed E-state index contributed by atoms with van der Waals surface area (Å²) < 4.78 is 20.1. The van der Waals surface area contributed by atoms with Crippen molar-refractivity contribution in [3.63, 3.8) is 0 Å². The topological polar surface area (TPSA) is 124 Å². The number of aliphatic hydroxyl groups is 2. The van der Waals surface area contributed by atoms with Crippen LogP contribution < -0.4 is 5.32 Å². The van der Waals surface area contributed by atoms with E-state index < -0.39 is 18.3 Å². The van der Waals surface area contributed by atoms with E-state index in [9.17, 15) is 9.59 Å². The van der Waals surface area contributed by atoms with Gasteiger partial charge >= 0.3 is 12.1 Å². The highest BCUT2D eigenvalue weighted by Crippen LogP contribution is 1.95. The molecule has 0 aliphatic carbocycles. The van der Waals surface area contributed by atoms with Crippen LogP contribution in [0.3, 0.4) is 0 Å². The second-order valence-electron chi connectivity index (χ2n) is 5.19. The fourth-order valence-electron chi connectivity index (χ4n) is 1.41. The summed E-state index contributed by atoms with van der Waals surface area (Å²) in [6, 6.07) is 0. The van der Waals surface area contributed by atoms with E-state index in [0.29, 0.717) is 39.4 Å². The van der Waals surface area contributed by atoms with Gasteiger partial charge in [-0.05, 0) is 20.3 Å². The smallest absolute Gasteiger partial charge is 0.407 e. The summed E-state index contributed by atoms with van der Waals surface area (Å²) in [5, 5.41) is 20.2. The average Bonchev–Trinajstić information content (AvgIpc) is 2.54. The highest BCUT2D eigenvalue weighted by molar-refractivity contribution is 5.69. The molecule has 0 aromatic heterocycles. The van der Waals surface area contributed by atoms with Crippen molar-refractivity contribution in [2.24, 2.45) is 0 Å². The molecular formula is C15H29NO8. The summed E-state index contributed by atoms with van der Waals surface area (Å²) in [6.07, 6.45) is -1.01. The highest BCUT2D eigenvalue weighted by Gasteiger charge is 2.07. The van der Waals surface area contributed by atoms with Gasteiger partial charge < -0.3 is 34.5 Å². The van der Waals surface area contributed by atoms with Gasteiger partial charge in [0.1, 0.15) is 12.7 Å². The van der Waals surface area contributed by atoms with Crippen molar-refractivity contribution in [2.45, 2.75) is 38.9 Å². The maximum absolute atomic E-state index is 11.2. The lowest BCUT2D eigenvalue weighted by Gasteiger charge is -2.11. The van der Waals surface area contributed by atoms with Crippen molar-refractivity contribution < 1.29 is 38.7 Å². The van der Waals surface area contributed by atoms with E-state index in [0.717, 1.165) is 0 Å². The quantitative estimate of drug-likeness (QED) is 0.291. The van der Waals surface area contributed by atoms with Crippen molar-refractivity contribution in [1.29, 1.82) is 0 Å². The molecule has 1 amide bonds. The number of ether oxygens (including phenoxy) is 4. The van der Waals surface area contributed by atoms with E-state index in [2.05, 4.69) is 5.32 Å². The second-order valence-corrected chi connectivity index (χ2v) is 5.19. The van der Waals surface area contributed by atoms with E-state index in [1.54, 1.807) is 13.8 Å². The maximum atomic E-state index is 11.2. The molecule has 0 aromatic carbocycles. The summed E-state index contributed by atoms with van der Waals surface area (Å²) in [6.45, 7) is 4.70.